The lowest BCUT2D eigenvalue weighted by Gasteiger charge is -2.15. The predicted molar refractivity (Wildman–Crippen MR) is 62.4 cm³/mol. The second-order valence-electron chi connectivity index (χ2n) is 3.51. The molecule has 1 aromatic carbocycles. The summed E-state index contributed by atoms with van der Waals surface area (Å²) in [5, 5.41) is 11.5. The van der Waals surface area contributed by atoms with Crippen LogP contribution in [0, 0.1) is 5.82 Å². The Morgan fingerprint density at radius 2 is 2.24 bits per heavy atom. The molecule has 0 aliphatic heterocycles. The molecule has 0 aromatic heterocycles. The van der Waals surface area contributed by atoms with Crippen LogP contribution in [-0.2, 0) is 9.53 Å². The first-order valence-electron chi connectivity index (χ1n) is 5.49. The number of benzene rings is 1. The van der Waals surface area contributed by atoms with Gasteiger partial charge in [-0.1, -0.05) is 6.92 Å². The van der Waals surface area contributed by atoms with Crippen LogP contribution in [0.5, 0.6) is 5.75 Å². The van der Waals surface area contributed by atoms with Gasteiger partial charge in [0.05, 0.1) is 5.69 Å². The van der Waals surface area contributed by atoms with Crippen molar-refractivity contribution in [2.45, 2.75) is 26.4 Å². The molecule has 0 radical (unpaired) electrons. The molecule has 17 heavy (non-hydrogen) atoms. The Hall–Kier alpha value is -1.62. The minimum absolute atomic E-state index is 0.0333. The fraction of sp³-hybridized carbons (Fsp3) is 0.417. The summed E-state index contributed by atoms with van der Waals surface area (Å²) in [5.41, 5.74) is 0.0333. The molecule has 1 rings (SSSR count). The molecule has 0 aliphatic carbocycles. The molecule has 0 saturated carbocycles. The van der Waals surface area contributed by atoms with Crippen molar-refractivity contribution in [2.24, 2.45) is 0 Å². The van der Waals surface area contributed by atoms with Gasteiger partial charge in [-0.3, -0.25) is 4.79 Å². The van der Waals surface area contributed by atoms with Gasteiger partial charge in [0.15, 0.2) is 0 Å². The van der Waals surface area contributed by atoms with Crippen molar-refractivity contribution in [3.63, 3.8) is 0 Å². The molecule has 0 bridgehead atoms. The Morgan fingerprint density at radius 1 is 1.53 bits per heavy atom. The number of aromatic hydroxyl groups is 1. The maximum absolute atomic E-state index is 13.3. The molecule has 1 aromatic rings. The van der Waals surface area contributed by atoms with Crippen LogP contribution in [0.2, 0.25) is 0 Å². The Morgan fingerprint density at radius 3 is 2.76 bits per heavy atom. The normalized spacial score (nSPS) is 12.2. The Kier molecular flexibility index (Phi) is 4.90. The minimum Gasteiger partial charge on any atom is -0.508 e. The fourth-order valence-corrected chi connectivity index (χ4v) is 1.40. The van der Waals surface area contributed by atoms with E-state index in [1.54, 1.807) is 6.92 Å². The lowest BCUT2D eigenvalue weighted by atomic mass is 10.2. The first kappa shape index (κ1) is 13.4. The van der Waals surface area contributed by atoms with E-state index in [1.807, 2.05) is 6.92 Å². The largest absolute Gasteiger partial charge is 0.508 e. The summed E-state index contributed by atoms with van der Waals surface area (Å²) in [5.74, 6) is -1.25. The van der Waals surface area contributed by atoms with Crippen LogP contribution < -0.4 is 5.32 Å². The van der Waals surface area contributed by atoms with E-state index in [0.717, 1.165) is 6.07 Å². The number of amides is 1. The van der Waals surface area contributed by atoms with Gasteiger partial charge in [0.2, 0.25) is 0 Å². The standard InChI is InChI=1S/C12H16FNO3/c1-3-11(17-4-2)12(16)14-10-6-5-8(15)7-9(10)13/h5-7,11,15H,3-4H2,1-2H3,(H,14,16). The van der Waals surface area contributed by atoms with Gasteiger partial charge in [-0.2, -0.15) is 0 Å². The van der Waals surface area contributed by atoms with E-state index in [2.05, 4.69) is 5.32 Å². The van der Waals surface area contributed by atoms with Crippen molar-refractivity contribution in [2.75, 3.05) is 11.9 Å². The number of anilines is 1. The fourth-order valence-electron chi connectivity index (χ4n) is 1.40. The number of hydrogen-bond acceptors (Lipinski definition) is 3. The van der Waals surface area contributed by atoms with Gasteiger partial charge in [-0.15, -0.1) is 0 Å². The van der Waals surface area contributed by atoms with Crippen molar-refractivity contribution in [1.29, 1.82) is 0 Å². The molecule has 1 atom stereocenters. The highest BCUT2D eigenvalue weighted by Gasteiger charge is 2.17. The van der Waals surface area contributed by atoms with Crippen LogP contribution in [0.3, 0.4) is 0 Å². The molecule has 0 spiro atoms. The van der Waals surface area contributed by atoms with Crippen LogP contribution in [0.25, 0.3) is 0 Å². The van der Waals surface area contributed by atoms with E-state index < -0.39 is 11.9 Å². The molecule has 5 heteroatoms. The third-order valence-electron chi connectivity index (χ3n) is 2.24. The molecule has 0 saturated heterocycles. The maximum atomic E-state index is 13.3. The number of ether oxygens (including phenoxy) is 1. The van der Waals surface area contributed by atoms with E-state index in [-0.39, 0.29) is 17.3 Å². The van der Waals surface area contributed by atoms with Crippen LogP contribution in [0.4, 0.5) is 10.1 Å². The number of hydrogen-bond donors (Lipinski definition) is 2. The van der Waals surface area contributed by atoms with E-state index >= 15 is 0 Å². The van der Waals surface area contributed by atoms with Gasteiger partial charge in [0.25, 0.3) is 5.91 Å². The van der Waals surface area contributed by atoms with Crippen LogP contribution >= 0.6 is 0 Å². The van der Waals surface area contributed by atoms with Crippen LogP contribution in [0.1, 0.15) is 20.3 Å². The molecule has 2 N–H and O–H groups in total. The van der Waals surface area contributed by atoms with E-state index in [0.29, 0.717) is 13.0 Å². The average Bonchev–Trinajstić information content (AvgIpc) is 2.29. The van der Waals surface area contributed by atoms with Gasteiger partial charge in [0, 0.05) is 12.7 Å². The average molecular weight is 241 g/mol. The number of rotatable bonds is 5. The second kappa shape index (κ2) is 6.20. The summed E-state index contributed by atoms with van der Waals surface area (Å²) in [7, 11) is 0. The Bertz CT molecular complexity index is 395. The van der Waals surface area contributed by atoms with Gasteiger partial charge in [-0.25, -0.2) is 4.39 Å². The first-order valence-corrected chi connectivity index (χ1v) is 5.49. The first-order chi connectivity index (χ1) is 8.08. The van der Waals surface area contributed by atoms with Crippen LogP contribution in [-0.4, -0.2) is 23.7 Å². The summed E-state index contributed by atoms with van der Waals surface area (Å²) in [4.78, 5) is 11.7. The minimum atomic E-state index is -0.676. The molecule has 94 valence electrons. The van der Waals surface area contributed by atoms with Crippen molar-refractivity contribution in [1.82, 2.24) is 0 Å². The van der Waals surface area contributed by atoms with Gasteiger partial charge in [0.1, 0.15) is 17.7 Å². The van der Waals surface area contributed by atoms with Crippen molar-refractivity contribution in [3.8, 4) is 5.75 Å². The molecular weight excluding hydrogens is 225 g/mol. The number of carbonyl (C=O) groups is 1. The van der Waals surface area contributed by atoms with Gasteiger partial charge >= 0.3 is 0 Å². The Balaban J connectivity index is 2.73. The number of halogens is 1. The molecule has 0 fully saturated rings. The number of phenols is 1. The Labute approximate surface area is 99.4 Å². The van der Waals surface area contributed by atoms with Crippen molar-refractivity contribution >= 4 is 11.6 Å². The lowest BCUT2D eigenvalue weighted by Crippen LogP contribution is -2.30. The molecule has 4 nitrogen and oxygen atoms in total. The van der Waals surface area contributed by atoms with Crippen molar-refractivity contribution < 1.29 is 19.0 Å². The topological polar surface area (TPSA) is 58.6 Å². The monoisotopic (exact) mass is 241 g/mol. The van der Waals surface area contributed by atoms with E-state index in [4.69, 9.17) is 9.84 Å². The predicted octanol–water partition coefficient (Wildman–Crippen LogP) is 2.28. The zero-order valence-electron chi connectivity index (χ0n) is 9.87. The molecular formula is C12H16FNO3. The van der Waals surface area contributed by atoms with Crippen molar-refractivity contribution in [3.05, 3.63) is 24.0 Å². The van der Waals surface area contributed by atoms with Crippen LogP contribution in [0.15, 0.2) is 18.2 Å². The quantitative estimate of drug-likeness (QED) is 0.777. The van der Waals surface area contributed by atoms with Gasteiger partial charge in [-0.05, 0) is 25.5 Å². The zero-order chi connectivity index (χ0) is 12.8. The number of carbonyl (C=O) groups excluding carboxylic acids is 1. The smallest absolute Gasteiger partial charge is 0.253 e. The number of nitrogens with one attached hydrogen (secondary N) is 1. The van der Waals surface area contributed by atoms with E-state index in [1.165, 1.54) is 12.1 Å². The zero-order valence-corrected chi connectivity index (χ0v) is 9.87. The number of phenolic OH excluding ortho intramolecular Hbond substituents is 1. The lowest BCUT2D eigenvalue weighted by molar-refractivity contribution is -0.127. The summed E-state index contributed by atoms with van der Waals surface area (Å²) < 4.78 is 18.6. The molecule has 1 amide bonds. The highest BCUT2D eigenvalue weighted by atomic mass is 19.1. The molecule has 0 aliphatic rings. The molecule has 0 heterocycles. The summed E-state index contributed by atoms with van der Waals surface area (Å²) in [6.45, 7) is 4.02. The second-order valence-corrected chi connectivity index (χ2v) is 3.51. The summed E-state index contributed by atoms with van der Waals surface area (Å²) in [6.07, 6.45) is -0.0764. The van der Waals surface area contributed by atoms with Gasteiger partial charge < -0.3 is 15.2 Å². The maximum Gasteiger partial charge on any atom is 0.253 e. The third-order valence-corrected chi connectivity index (χ3v) is 2.24. The molecule has 1 unspecified atom stereocenters. The third kappa shape index (κ3) is 3.71. The highest BCUT2D eigenvalue weighted by molar-refractivity contribution is 5.94. The van der Waals surface area contributed by atoms with E-state index in [9.17, 15) is 9.18 Å². The summed E-state index contributed by atoms with van der Waals surface area (Å²) in [6, 6.07) is 3.55. The highest BCUT2D eigenvalue weighted by Crippen LogP contribution is 2.19. The SMILES string of the molecule is CCOC(CC)C(=O)Nc1ccc(O)cc1F. The summed E-state index contributed by atoms with van der Waals surface area (Å²) >= 11 is 0.